The maximum atomic E-state index is 14.2. The van der Waals surface area contributed by atoms with E-state index in [4.69, 9.17) is 5.73 Å². The van der Waals surface area contributed by atoms with Crippen molar-refractivity contribution >= 4 is 35.6 Å². The molecule has 4 amide bonds. The molecule has 1 aliphatic rings. The van der Waals surface area contributed by atoms with Crippen molar-refractivity contribution in [2.24, 2.45) is 11.7 Å². The third-order valence-corrected chi connectivity index (χ3v) is 8.16. The Morgan fingerprint density at radius 2 is 1.47 bits per heavy atom. The number of hydrogen-bond donors (Lipinski definition) is 5. The van der Waals surface area contributed by atoms with Gasteiger partial charge in [-0.05, 0) is 36.3 Å². The highest BCUT2D eigenvalue weighted by Crippen LogP contribution is 2.21. The Hall–Kier alpha value is -4.78. The van der Waals surface area contributed by atoms with Crippen LogP contribution in [0.1, 0.15) is 50.7 Å². The molecular formula is C34H45N5O8. The van der Waals surface area contributed by atoms with Crippen molar-refractivity contribution in [1.82, 2.24) is 20.4 Å². The van der Waals surface area contributed by atoms with E-state index in [0.717, 1.165) is 10.5 Å². The number of likely N-dealkylation sites (tertiary alicyclic amines) is 1. The molecule has 0 aliphatic carbocycles. The number of likely N-dealkylation sites (N-methyl/N-ethyl adjacent to an activating group) is 1. The summed E-state index contributed by atoms with van der Waals surface area (Å²) in [5.41, 5.74) is 7.56. The van der Waals surface area contributed by atoms with Gasteiger partial charge in [0.1, 0.15) is 24.2 Å². The molecule has 0 unspecified atom stereocenters. The molecule has 0 bridgehead atoms. The number of nitrogens with two attached hydrogens (primary N) is 1. The molecule has 0 radical (unpaired) electrons. The van der Waals surface area contributed by atoms with Crippen molar-refractivity contribution in [3.63, 3.8) is 0 Å². The van der Waals surface area contributed by atoms with Crippen molar-refractivity contribution in [3.05, 3.63) is 71.8 Å². The topological polar surface area (TPSA) is 199 Å². The molecule has 13 heteroatoms. The van der Waals surface area contributed by atoms with Crippen LogP contribution in [0.15, 0.2) is 60.7 Å². The van der Waals surface area contributed by atoms with Crippen molar-refractivity contribution < 1.29 is 39.0 Å². The molecule has 254 valence electrons. The van der Waals surface area contributed by atoms with E-state index in [1.807, 2.05) is 19.9 Å². The van der Waals surface area contributed by atoms with E-state index in [9.17, 15) is 39.0 Å². The van der Waals surface area contributed by atoms with Gasteiger partial charge in [-0.15, -0.1) is 0 Å². The molecule has 1 fully saturated rings. The molecule has 47 heavy (non-hydrogen) atoms. The third-order valence-electron chi connectivity index (χ3n) is 8.16. The summed E-state index contributed by atoms with van der Waals surface area (Å²) < 4.78 is 0. The predicted molar refractivity (Wildman–Crippen MR) is 173 cm³/mol. The number of aliphatic carboxylic acids is 2. The molecular weight excluding hydrogens is 606 g/mol. The van der Waals surface area contributed by atoms with Crippen LogP contribution in [0.4, 0.5) is 0 Å². The zero-order chi connectivity index (χ0) is 34.7. The lowest BCUT2D eigenvalue weighted by molar-refractivity contribution is -0.149. The fourth-order valence-corrected chi connectivity index (χ4v) is 5.73. The van der Waals surface area contributed by atoms with Gasteiger partial charge < -0.3 is 36.4 Å². The first kappa shape index (κ1) is 36.7. The average molecular weight is 652 g/mol. The summed E-state index contributed by atoms with van der Waals surface area (Å²) in [4.78, 5) is 80.3. The minimum absolute atomic E-state index is 0.0149. The lowest BCUT2D eigenvalue weighted by atomic mass is 10.00. The third kappa shape index (κ3) is 10.6. The molecule has 3 rings (SSSR count). The molecule has 5 atom stereocenters. The van der Waals surface area contributed by atoms with Gasteiger partial charge in [-0.2, -0.15) is 0 Å². The van der Waals surface area contributed by atoms with Gasteiger partial charge >= 0.3 is 11.9 Å². The Kier molecular flexibility index (Phi) is 13.4. The monoisotopic (exact) mass is 651 g/mol. The minimum atomic E-state index is -1.73. The lowest BCUT2D eigenvalue weighted by Gasteiger charge is -2.33. The standard InChI is InChI=1S/C34H45N5O8/c1-21(2)17-24(35)32(44)39-16-10-15-27(39)30(42)36-25(18-22-11-6-4-7-12-22)33(45)38(3)28(19-23-13-8-5-9-14-23)31(43)37-26(34(46)47)20-29(40)41/h4-9,11-14,21,24-28H,10,15-20,35H2,1-3H3,(H,36,42)(H,37,43)(H,40,41)(H,46,47)/t24-,25-,26-,27-,28-/m0/s1. The Labute approximate surface area is 274 Å². The predicted octanol–water partition coefficient (Wildman–Crippen LogP) is 1.19. The lowest BCUT2D eigenvalue weighted by Crippen LogP contribution is -2.59. The number of amides is 4. The van der Waals surface area contributed by atoms with Crippen LogP contribution in [0, 0.1) is 5.92 Å². The quantitative estimate of drug-likeness (QED) is 0.177. The summed E-state index contributed by atoms with van der Waals surface area (Å²) in [6.45, 7) is 4.27. The fourth-order valence-electron chi connectivity index (χ4n) is 5.73. The summed E-state index contributed by atoms with van der Waals surface area (Å²) >= 11 is 0. The molecule has 2 aromatic carbocycles. The second kappa shape index (κ2) is 17.2. The summed E-state index contributed by atoms with van der Waals surface area (Å²) in [6.07, 6.45) is 0.645. The molecule has 6 N–H and O–H groups in total. The second-order valence-electron chi connectivity index (χ2n) is 12.3. The summed E-state index contributed by atoms with van der Waals surface area (Å²) in [6, 6.07) is 12.0. The Bertz CT molecular complexity index is 1400. The highest BCUT2D eigenvalue weighted by molar-refractivity contribution is 5.96. The van der Waals surface area contributed by atoms with Crippen LogP contribution in [0.5, 0.6) is 0 Å². The SMILES string of the molecule is CC(C)C[C@H](N)C(=O)N1CCC[C@H]1C(=O)N[C@@H](Cc1ccccc1)C(=O)N(C)[C@@H](Cc1ccccc1)C(=O)N[C@@H](CC(=O)O)C(=O)O. The van der Waals surface area contributed by atoms with Gasteiger partial charge in [-0.25, -0.2) is 4.79 Å². The number of benzene rings is 2. The number of rotatable bonds is 16. The number of nitrogens with zero attached hydrogens (tertiary/aromatic N) is 2. The van der Waals surface area contributed by atoms with E-state index in [1.54, 1.807) is 54.6 Å². The zero-order valence-corrected chi connectivity index (χ0v) is 27.0. The Morgan fingerprint density at radius 1 is 0.894 bits per heavy atom. The first-order chi connectivity index (χ1) is 22.3. The van der Waals surface area contributed by atoms with Crippen molar-refractivity contribution in [1.29, 1.82) is 0 Å². The smallest absolute Gasteiger partial charge is 0.326 e. The van der Waals surface area contributed by atoms with Gasteiger partial charge in [0.25, 0.3) is 0 Å². The Morgan fingerprint density at radius 3 is 2.00 bits per heavy atom. The highest BCUT2D eigenvalue weighted by Gasteiger charge is 2.39. The molecule has 1 aliphatic heterocycles. The van der Waals surface area contributed by atoms with Crippen molar-refractivity contribution in [2.75, 3.05) is 13.6 Å². The molecule has 1 saturated heterocycles. The number of carbonyl (C=O) groups is 6. The molecule has 0 saturated carbocycles. The van der Waals surface area contributed by atoms with Crippen LogP contribution in [-0.4, -0.2) is 99.4 Å². The number of nitrogens with one attached hydrogen (secondary N) is 2. The van der Waals surface area contributed by atoms with E-state index >= 15 is 0 Å². The van der Waals surface area contributed by atoms with Crippen LogP contribution < -0.4 is 16.4 Å². The molecule has 2 aromatic rings. The Balaban J connectivity index is 1.91. The van der Waals surface area contributed by atoms with Gasteiger partial charge in [0.05, 0.1) is 12.5 Å². The minimum Gasteiger partial charge on any atom is -0.481 e. The van der Waals surface area contributed by atoms with E-state index in [2.05, 4.69) is 10.6 Å². The number of hydrogen-bond acceptors (Lipinski definition) is 7. The van der Waals surface area contributed by atoms with E-state index < -0.39 is 66.3 Å². The van der Waals surface area contributed by atoms with Crippen LogP contribution in [-0.2, 0) is 41.6 Å². The summed E-state index contributed by atoms with van der Waals surface area (Å²) in [5, 5.41) is 23.8. The van der Waals surface area contributed by atoms with Crippen LogP contribution >= 0.6 is 0 Å². The summed E-state index contributed by atoms with van der Waals surface area (Å²) in [5.74, 6) is -5.11. The largest absolute Gasteiger partial charge is 0.481 e. The fraction of sp³-hybridized carbons (Fsp3) is 0.471. The van der Waals surface area contributed by atoms with Crippen LogP contribution in [0.25, 0.3) is 0 Å². The zero-order valence-electron chi connectivity index (χ0n) is 27.0. The summed E-state index contributed by atoms with van der Waals surface area (Å²) in [7, 11) is 1.38. The first-order valence-electron chi connectivity index (χ1n) is 15.7. The average Bonchev–Trinajstić information content (AvgIpc) is 3.52. The van der Waals surface area contributed by atoms with Gasteiger partial charge in [0, 0.05) is 26.4 Å². The van der Waals surface area contributed by atoms with Crippen LogP contribution in [0.2, 0.25) is 0 Å². The van der Waals surface area contributed by atoms with Gasteiger partial charge in [0.15, 0.2) is 0 Å². The second-order valence-corrected chi connectivity index (χ2v) is 12.3. The van der Waals surface area contributed by atoms with Gasteiger partial charge in [-0.3, -0.25) is 24.0 Å². The van der Waals surface area contributed by atoms with Crippen LogP contribution in [0.3, 0.4) is 0 Å². The molecule has 0 spiro atoms. The highest BCUT2D eigenvalue weighted by atomic mass is 16.4. The number of carboxylic acids is 2. The maximum Gasteiger partial charge on any atom is 0.326 e. The number of carboxylic acid groups (broad SMARTS) is 2. The van der Waals surface area contributed by atoms with Gasteiger partial charge in [-0.1, -0.05) is 74.5 Å². The molecule has 0 aromatic heterocycles. The van der Waals surface area contributed by atoms with Crippen molar-refractivity contribution in [3.8, 4) is 0 Å². The van der Waals surface area contributed by atoms with E-state index in [-0.39, 0.29) is 24.7 Å². The van der Waals surface area contributed by atoms with E-state index in [1.165, 1.54) is 11.9 Å². The normalized spacial score (nSPS) is 16.9. The molecule has 1 heterocycles. The van der Waals surface area contributed by atoms with Gasteiger partial charge in [0.2, 0.25) is 23.6 Å². The maximum absolute atomic E-state index is 14.2. The number of carbonyl (C=O) groups excluding carboxylic acids is 4. The molecule has 13 nitrogen and oxygen atoms in total. The first-order valence-corrected chi connectivity index (χ1v) is 15.7. The van der Waals surface area contributed by atoms with Crippen molar-refractivity contribution in [2.45, 2.75) is 82.6 Å². The van der Waals surface area contributed by atoms with E-state index in [0.29, 0.717) is 31.4 Å².